The number of aryl methyl sites for hydroxylation is 1. The molecule has 1 aromatic heterocycles. The third-order valence-corrected chi connectivity index (χ3v) is 6.02. The van der Waals surface area contributed by atoms with Gasteiger partial charge in [0, 0.05) is 10.3 Å². The largest absolute Gasteiger partial charge is 0.447 e. The summed E-state index contributed by atoms with van der Waals surface area (Å²) in [5.41, 5.74) is 8.53. The van der Waals surface area contributed by atoms with Crippen molar-refractivity contribution in [1.82, 2.24) is 0 Å². The second-order valence-corrected chi connectivity index (χ2v) is 7.15. The molecule has 4 heteroatoms. The Bertz CT molecular complexity index is 998. The fraction of sp³-hybridized carbons (Fsp3) is 0.150. The van der Waals surface area contributed by atoms with Gasteiger partial charge in [-0.05, 0) is 36.1 Å². The second kappa shape index (κ2) is 6.05. The van der Waals surface area contributed by atoms with Gasteiger partial charge in [0.15, 0.2) is 20.3 Å². The number of hydrogen-bond donors (Lipinski definition) is 0. The van der Waals surface area contributed by atoms with Crippen molar-refractivity contribution in [2.75, 3.05) is 0 Å². The first-order valence-electron chi connectivity index (χ1n) is 8.50. The summed E-state index contributed by atoms with van der Waals surface area (Å²) in [6, 6.07) is 4.57. The highest BCUT2D eigenvalue weighted by Gasteiger charge is 2.20. The average molecular weight is 328 g/mol. The molecule has 1 aliphatic carbocycles. The molecule has 0 spiro atoms. The van der Waals surface area contributed by atoms with Crippen molar-refractivity contribution in [3.63, 3.8) is 0 Å². The summed E-state index contributed by atoms with van der Waals surface area (Å²) in [7, 11) is 2.11. The van der Waals surface area contributed by atoms with E-state index in [2.05, 4.69) is 50.6 Å². The van der Waals surface area contributed by atoms with Gasteiger partial charge in [0.2, 0.25) is 0 Å². The first kappa shape index (κ1) is 15.4. The average Bonchev–Trinajstić information content (AvgIpc) is 2.86. The van der Waals surface area contributed by atoms with Crippen LogP contribution < -0.4 is 10.9 Å². The minimum absolute atomic E-state index is 0.788. The maximum absolute atomic E-state index is 6.11. The molecule has 0 unspecified atom stereocenters. The van der Waals surface area contributed by atoms with Gasteiger partial charge < -0.3 is 4.74 Å². The zero-order valence-electron chi connectivity index (χ0n) is 14.3. The van der Waals surface area contributed by atoms with Crippen molar-refractivity contribution in [2.45, 2.75) is 20.6 Å². The first-order chi connectivity index (χ1) is 11.7. The van der Waals surface area contributed by atoms with E-state index >= 15 is 0 Å². The third-order valence-electron chi connectivity index (χ3n) is 4.64. The van der Waals surface area contributed by atoms with Gasteiger partial charge in [-0.1, -0.05) is 54.6 Å². The van der Waals surface area contributed by atoms with Crippen molar-refractivity contribution in [3.8, 4) is 0 Å². The first-order valence-corrected chi connectivity index (χ1v) is 9.32. The van der Waals surface area contributed by atoms with Crippen LogP contribution in [-0.4, -0.2) is 14.6 Å². The Morgan fingerprint density at radius 3 is 2.58 bits per heavy atom. The lowest BCUT2D eigenvalue weighted by molar-refractivity contribution is 0.400. The zero-order chi connectivity index (χ0) is 16.7. The van der Waals surface area contributed by atoms with Crippen molar-refractivity contribution in [2.24, 2.45) is 0 Å². The summed E-state index contributed by atoms with van der Waals surface area (Å²) in [5, 5.41) is 1.42. The van der Waals surface area contributed by atoms with Crippen molar-refractivity contribution in [3.05, 3.63) is 70.0 Å². The lowest BCUT2D eigenvalue weighted by atomic mass is 9.67. The number of hydrogen-bond acceptors (Lipinski definition) is 2. The summed E-state index contributed by atoms with van der Waals surface area (Å²) < 4.78 is 7.52. The summed E-state index contributed by atoms with van der Waals surface area (Å²) in [5.74, 6) is 1.73. The van der Waals surface area contributed by atoms with Crippen LogP contribution in [0.5, 0.6) is 0 Å². The molecule has 2 heterocycles. The monoisotopic (exact) mass is 328 g/mol. The van der Waals surface area contributed by atoms with Gasteiger partial charge in [-0.25, -0.2) is 0 Å². The van der Waals surface area contributed by atoms with Crippen molar-refractivity contribution in [1.29, 1.82) is 0 Å². The molecule has 0 atom stereocenters. The number of rotatable bonds is 3. The molecule has 0 amide bonds. The van der Waals surface area contributed by atoms with E-state index in [1.165, 1.54) is 31.5 Å². The quantitative estimate of drug-likeness (QED) is 0.620. The van der Waals surface area contributed by atoms with Crippen LogP contribution in [0.3, 0.4) is 0 Å². The van der Waals surface area contributed by atoms with E-state index in [1.54, 1.807) is 0 Å². The van der Waals surface area contributed by atoms with Crippen molar-refractivity contribution >= 4 is 52.7 Å². The van der Waals surface area contributed by atoms with Crippen LogP contribution in [0.4, 0.5) is 0 Å². The van der Waals surface area contributed by atoms with Gasteiger partial charge in [0.25, 0.3) is 0 Å². The third kappa shape index (κ3) is 2.43. The maximum Gasteiger partial charge on any atom is 0.170 e. The highest BCUT2D eigenvalue weighted by atomic mass is 32.1. The minimum atomic E-state index is 0.788. The Kier molecular flexibility index (Phi) is 3.88. The molecule has 0 saturated carbocycles. The van der Waals surface area contributed by atoms with Crippen LogP contribution in [-0.2, 0) is 4.74 Å². The smallest absolute Gasteiger partial charge is 0.170 e. The molecule has 1 nitrogen and oxygen atoms in total. The molecular formula is C20H18B2OS. The SMILES string of the molecule is CBc1ccc(BC)c2c(C)c(C3=CC4=C=C(C=CC=C4)O3)sc12. The number of thiophene rings is 1. The van der Waals surface area contributed by atoms with E-state index in [4.69, 9.17) is 4.74 Å². The van der Waals surface area contributed by atoms with E-state index < -0.39 is 0 Å². The fourth-order valence-electron chi connectivity index (χ4n) is 3.37. The van der Waals surface area contributed by atoms with E-state index in [1.807, 2.05) is 29.6 Å². The number of ether oxygens (including phenoxy) is 1. The van der Waals surface area contributed by atoms with Crippen LogP contribution in [0, 0.1) is 6.92 Å². The fourth-order valence-corrected chi connectivity index (χ4v) is 4.76. The van der Waals surface area contributed by atoms with Crippen LogP contribution in [0.1, 0.15) is 10.4 Å². The van der Waals surface area contributed by atoms with Gasteiger partial charge in [0.1, 0.15) is 5.76 Å². The maximum atomic E-state index is 6.11. The summed E-state index contributed by atoms with van der Waals surface area (Å²) >= 11 is 1.86. The van der Waals surface area contributed by atoms with Crippen LogP contribution >= 0.6 is 11.3 Å². The molecule has 2 aliphatic rings. The zero-order valence-corrected chi connectivity index (χ0v) is 15.1. The Labute approximate surface area is 148 Å². The molecule has 0 N–H and O–H groups in total. The Hall–Kier alpha value is -2.15. The second-order valence-electron chi connectivity index (χ2n) is 6.12. The highest BCUT2D eigenvalue weighted by Crippen LogP contribution is 2.37. The van der Waals surface area contributed by atoms with E-state index in [0.29, 0.717) is 0 Å². The number of allylic oxidation sites excluding steroid dienone is 5. The van der Waals surface area contributed by atoms with Crippen LogP contribution in [0.15, 0.2) is 59.6 Å². The van der Waals surface area contributed by atoms with Crippen molar-refractivity contribution < 1.29 is 4.74 Å². The lowest BCUT2D eigenvalue weighted by Crippen LogP contribution is -2.19. The van der Waals surface area contributed by atoms with E-state index in [0.717, 1.165) is 31.7 Å². The molecule has 0 radical (unpaired) electrons. The molecule has 0 saturated heterocycles. The van der Waals surface area contributed by atoms with Gasteiger partial charge >= 0.3 is 0 Å². The molecule has 4 rings (SSSR count). The summed E-state index contributed by atoms with van der Waals surface area (Å²) in [6.07, 6.45) is 10.2. The Morgan fingerprint density at radius 2 is 1.79 bits per heavy atom. The van der Waals surface area contributed by atoms with Crippen LogP contribution in [0.25, 0.3) is 15.8 Å². The minimum Gasteiger partial charge on any atom is -0.447 e. The molecule has 1 aliphatic heterocycles. The molecule has 24 heavy (non-hydrogen) atoms. The summed E-state index contributed by atoms with van der Waals surface area (Å²) in [4.78, 5) is 1.24. The van der Waals surface area contributed by atoms with E-state index in [-0.39, 0.29) is 0 Å². The lowest BCUT2D eigenvalue weighted by Gasteiger charge is -2.12. The highest BCUT2D eigenvalue weighted by molar-refractivity contribution is 7.21. The Morgan fingerprint density at radius 1 is 1.04 bits per heavy atom. The molecule has 1 aromatic carbocycles. The van der Waals surface area contributed by atoms with Gasteiger partial charge in [-0.15, -0.1) is 11.3 Å². The summed E-state index contributed by atoms with van der Waals surface area (Å²) in [6.45, 7) is 6.68. The predicted octanol–water partition coefficient (Wildman–Crippen LogP) is 3.34. The van der Waals surface area contributed by atoms with Gasteiger partial charge in [0.05, 0.1) is 4.88 Å². The standard InChI is InChI=1S/C20H18B2OS/c1-12-18-15(21-2)8-9-16(22-3)20(18)24-19(12)17-11-13-6-4-5-7-14(10-13)23-17/h4-9,11,21-22H,1-3H3. The molecule has 116 valence electrons. The normalized spacial score (nSPS) is 15.4. The van der Waals surface area contributed by atoms with Gasteiger partial charge in [-0.2, -0.15) is 0 Å². The Balaban J connectivity index is 1.92. The van der Waals surface area contributed by atoms with Gasteiger partial charge in [-0.3, -0.25) is 0 Å². The number of benzene rings is 1. The van der Waals surface area contributed by atoms with E-state index in [9.17, 15) is 0 Å². The van der Waals surface area contributed by atoms with Crippen LogP contribution in [0.2, 0.25) is 13.6 Å². The predicted molar refractivity (Wildman–Crippen MR) is 110 cm³/mol. The molecule has 0 fully saturated rings. The topological polar surface area (TPSA) is 9.23 Å². The molecule has 2 aromatic rings. The molecule has 2 bridgehead atoms. The molecular weight excluding hydrogens is 310 g/mol. The number of fused-ring (bicyclic) bond motifs is 1.